The molecule has 0 aliphatic carbocycles. The monoisotopic (exact) mass is 252 g/mol. The van der Waals surface area contributed by atoms with E-state index in [0.29, 0.717) is 0 Å². The minimum absolute atomic E-state index is 0.394. The fourth-order valence-electron chi connectivity index (χ4n) is 1.75. The van der Waals surface area contributed by atoms with Crippen LogP contribution in [0.5, 0.6) is 0 Å². The molecule has 0 nitrogen and oxygen atoms in total. The molecule has 18 heavy (non-hydrogen) atoms. The Morgan fingerprint density at radius 1 is 0.722 bits per heavy atom. The van der Waals surface area contributed by atoms with Crippen molar-refractivity contribution in [2.24, 2.45) is 0 Å². The van der Waals surface area contributed by atoms with Gasteiger partial charge < -0.3 is 0 Å². The molecule has 0 saturated carbocycles. The lowest BCUT2D eigenvalue weighted by Gasteiger charge is -2.13. The van der Waals surface area contributed by atoms with Gasteiger partial charge in [-0.3, -0.25) is 0 Å². The lowest BCUT2D eigenvalue weighted by Crippen LogP contribution is -2.09. The molecule has 90 valence electrons. The van der Waals surface area contributed by atoms with Crippen molar-refractivity contribution >= 4 is 18.5 Å². The van der Waals surface area contributed by atoms with Crippen molar-refractivity contribution < 1.29 is 0 Å². The summed E-state index contributed by atoms with van der Waals surface area (Å²) in [4.78, 5) is 0. The quantitative estimate of drug-likeness (QED) is 0.565. The van der Waals surface area contributed by atoms with Crippen molar-refractivity contribution in [2.45, 2.75) is 6.92 Å². The third-order valence-electron chi connectivity index (χ3n) is 2.61. The average molecular weight is 252 g/mol. The molecule has 0 aliphatic heterocycles. The molecule has 0 N–H and O–H groups in total. The number of hydrogen-bond donors (Lipinski definition) is 0. The van der Waals surface area contributed by atoms with Crippen LogP contribution < -0.4 is 10.6 Å². The fraction of sp³-hybridized carbons (Fsp3) is 0.0588. The molecule has 0 aliphatic rings. The molecule has 0 aromatic heterocycles. The van der Waals surface area contributed by atoms with E-state index in [0.717, 1.165) is 0 Å². The van der Waals surface area contributed by atoms with E-state index in [9.17, 15) is 0 Å². The van der Waals surface area contributed by atoms with Crippen LogP contribution in [0.4, 0.5) is 0 Å². The number of hydrogen-bond acceptors (Lipinski definition) is 0. The Hall–Kier alpha value is -1.65. The lowest BCUT2D eigenvalue weighted by molar-refractivity contribution is 1.73. The summed E-state index contributed by atoms with van der Waals surface area (Å²) in [6, 6.07) is 21.4. The molecule has 1 heteroatoms. The molecule has 0 amide bonds. The van der Waals surface area contributed by atoms with Gasteiger partial charge in [0.2, 0.25) is 0 Å². The maximum absolute atomic E-state index is 2.31. The van der Waals surface area contributed by atoms with Gasteiger partial charge in [0.15, 0.2) is 0 Å². The highest BCUT2D eigenvalue weighted by atomic mass is 31.1. The molecule has 0 unspecified atom stereocenters. The number of rotatable bonds is 4. The second kappa shape index (κ2) is 6.93. The molecule has 2 aromatic carbocycles. The molecule has 0 heterocycles. The van der Waals surface area contributed by atoms with Gasteiger partial charge in [0.25, 0.3) is 0 Å². The second-order valence-corrected chi connectivity index (χ2v) is 5.98. The maximum atomic E-state index is 2.31. The van der Waals surface area contributed by atoms with E-state index < -0.39 is 7.92 Å². The number of benzene rings is 2. The average Bonchev–Trinajstić information content (AvgIpc) is 2.46. The summed E-state index contributed by atoms with van der Waals surface area (Å²) in [5.74, 6) is 2.31. The molecule has 0 radical (unpaired) electrons. The summed E-state index contributed by atoms with van der Waals surface area (Å²) in [5.41, 5.74) is 0. The Bertz CT molecular complexity index is 472. The summed E-state index contributed by atoms with van der Waals surface area (Å²) < 4.78 is 0. The zero-order valence-electron chi connectivity index (χ0n) is 10.5. The standard InChI is InChI=1S/C17H17P/c1-2-3-10-15-18(16-11-6-4-7-12-16)17-13-8-5-9-14-17/h2-15H,1H3/b3-2+,15-10+. The normalized spacial score (nSPS) is 11.7. The van der Waals surface area contributed by atoms with Gasteiger partial charge in [0, 0.05) is 0 Å². The minimum atomic E-state index is -0.394. The summed E-state index contributed by atoms with van der Waals surface area (Å²) in [5, 5.41) is 2.78. The largest absolute Gasteiger partial charge is 0.0877 e. The zero-order chi connectivity index (χ0) is 12.6. The smallest absolute Gasteiger partial charge is 0.0157 e. The van der Waals surface area contributed by atoms with Crippen molar-refractivity contribution in [3.8, 4) is 0 Å². The highest BCUT2D eigenvalue weighted by Gasteiger charge is 2.08. The highest BCUT2D eigenvalue weighted by molar-refractivity contribution is 7.75. The lowest BCUT2D eigenvalue weighted by atomic mass is 10.4. The Kier molecular flexibility index (Phi) is 4.93. The van der Waals surface area contributed by atoms with Crippen molar-refractivity contribution in [2.75, 3.05) is 0 Å². The van der Waals surface area contributed by atoms with Crippen molar-refractivity contribution in [3.63, 3.8) is 0 Å². The Morgan fingerprint density at radius 2 is 1.22 bits per heavy atom. The summed E-state index contributed by atoms with van der Waals surface area (Å²) in [7, 11) is -0.394. The summed E-state index contributed by atoms with van der Waals surface area (Å²) in [6.07, 6.45) is 6.28. The van der Waals surface area contributed by atoms with Crippen LogP contribution in [0.1, 0.15) is 6.92 Å². The van der Waals surface area contributed by atoms with Crippen LogP contribution in [0.2, 0.25) is 0 Å². The number of allylic oxidation sites excluding steroid dienone is 3. The van der Waals surface area contributed by atoms with Crippen molar-refractivity contribution in [1.82, 2.24) is 0 Å². The topological polar surface area (TPSA) is 0 Å². The highest BCUT2D eigenvalue weighted by Crippen LogP contribution is 2.34. The minimum Gasteiger partial charge on any atom is -0.0877 e. The van der Waals surface area contributed by atoms with E-state index >= 15 is 0 Å². The van der Waals surface area contributed by atoms with Gasteiger partial charge in [-0.05, 0) is 25.5 Å². The van der Waals surface area contributed by atoms with Gasteiger partial charge >= 0.3 is 0 Å². The third-order valence-corrected chi connectivity index (χ3v) is 4.79. The third kappa shape index (κ3) is 3.42. The van der Waals surface area contributed by atoms with E-state index in [2.05, 4.69) is 84.7 Å². The van der Waals surface area contributed by atoms with Gasteiger partial charge in [-0.2, -0.15) is 0 Å². The van der Waals surface area contributed by atoms with E-state index in [1.165, 1.54) is 10.6 Å². The van der Waals surface area contributed by atoms with Gasteiger partial charge in [-0.15, -0.1) is 0 Å². The predicted molar refractivity (Wildman–Crippen MR) is 83.0 cm³/mol. The first-order valence-corrected chi connectivity index (χ1v) is 7.51. The van der Waals surface area contributed by atoms with Crippen LogP contribution in [0.15, 0.2) is 84.7 Å². The molecule has 0 saturated heterocycles. The van der Waals surface area contributed by atoms with Gasteiger partial charge in [0.05, 0.1) is 0 Å². The van der Waals surface area contributed by atoms with Crippen LogP contribution in [-0.4, -0.2) is 0 Å². The molecule has 0 spiro atoms. The van der Waals surface area contributed by atoms with Crippen LogP contribution in [0.3, 0.4) is 0 Å². The Balaban J connectivity index is 2.35. The van der Waals surface area contributed by atoms with Crippen molar-refractivity contribution in [1.29, 1.82) is 0 Å². The van der Waals surface area contributed by atoms with Crippen LogP contribution in [0, 0.1) is 0 Å². The molecular weight excluding hydrogens is 235 g/mol. The summed E-state index contributed by atoms with van der Waals surface area (Å²) in [6.45, 7) is 2.04. The van der Waals surface area contributed by atoms with Gasteiger partial charge in [-0.25, -0.2) is 0 Å². The maximum Gasteiger partial charge on any atom is -0.0157 e. The van der Waals surface area contributed by atoms with E-state index in [1.54, 1.807) is 0 Å². The fourth-order valence-corrected chi connectivity index (χ4v) is 3.65. The first kappa shape index (κ1) is 12.8. The molecule has 2 aromatic rings. The van der Waals surface area contributed by atoms with Crippen LogP contribution in [0.25, 0.3) is 0 Å². The van der Waals surface area contributed by atoms with Gasteiger partial charge in [-0.1, -0.05) is 84.7 Å². The predicted octanol–water partition coefficient (Wildman–Crippen LogP) is 4.21. The Labute approximate surface area is 110 Å². The first-order valence-electron chi connectivity index (χ1n) is 6.10. The van der Waals surface area contributed by atoms with Crippen LogP contribution >= 0.6 is 7.92 Å². The molecule has 2 rings (SSSR count). The van der Waals surface area contributed by atoms with E-state index in [4.69, 9.17) is 0 Å². The Morgan fingerprint density at radius 3 is 1.67 bits per heavy atom. The molecular formula is C17H17P. The van der Waals surface area contributed by atoms with Crippen molar-refractivity contribution in [3.05, 3.63) is 84.7 Å². The zero-order valence-corrected chi connectivity index (χ0v) is 11.4. The molecule has 0 bridgehead atoms. The van der Waals surface area contributed by atoms with Gasteiger partial charge in [0.1, 0.15) is 0 Å². The molecule has 0 atom stereocenters. The van der Waals surface area contributed by atoms with E-state index in [-0.39, 0.29) is 0 Å². The molecule has 0 fully saturated rings. The van der Waals surface area contributed by atoms with Crippen LogP contribution in [-0.2, 0) is 0 Å². The van der Waals surface area contributed by atoms with E-state index in [1.807, 2.05) is 6.92 Å². The second-order valence-electron chi connectivity index (χ2n) is 3.91. The summed E-state index contributed by atoms with van der Waals surface area (Å²) >= 11 is 0. The first-order chi connectivity index (χ1) is 8.92. The SMILES string of the molecule is C/C=C/C=C/P(c1ccccc1)c1ccccc1.